The first-order valence-electron chi connectivity index (χ1n) is 7.34. The second-order valence-electron chi connectivity index (χ2n) is 5.27. The summed E-state index contributed by atoms with van der Waals surface area (Å²) in [6.07, 6.45) is -0.574. The quantitative estimate of drug-likeness (QED) is 0.617. The van der Waals surface area contributed by atoms with E-state index in [1.54, 1.807) is 6.92 Å². The molecule has 0 aliphatic carbocycles. The summed E-state index contributed by atoms with van der Waals surface area (Å²) in [6.45, 7) is 1.75. The Hall–Kier alpha value is -2.08. The maximum Gasteiger partial charge on any atom is 0.265 e. The van der Waals surface area contributed by atoms with Crippen molar-refractivity contribution < 1.29 is 9.53 Å². The largest absolute Gasteiger partial charge is 0.481 e. The fourth-order valence-corrected chi connectivity index (χ4v) is 2.64. The lowest BCUT2D eigenvalue weighted by Crippen LogP contribution is -2.30. The number of carbonyl (C=O) groups is 1. The Kier molecular flexibility index (Phi) is 4.81. The van der Waals surface area contributed by atoms with Crippen LogP contribution in [-0.2, 0) is 4.79 Å². The fraction of sp³-hybridized carbons (Fsp3) is 0.105. The van der Waals surface area contributed by atoms with Crippen LogP contribution in [0.4, 0.5) is 5.69 Å². The van der Waals surface area contributed by atoms with Crippen LogP contribution in [0.2, 0.25) is 0 Å². The van der Waals surface area contributed by atoms with Crippen LogP contribution >= 0.6 is 22.6 Å². The van der Waals surface area contributed by atoms with Crippen LogP contribution in [-0.4, -0.2) is 12.0 Å². The second-order valence-corrected chi connectivity index (χ2v) is 6.51. The van der Waals surface area contributed by atoms with Crippen molar-refractivity contribution in [2.45, 2.75) is 13.0 Å². The number of benzene rings is 3. The first-order chi connectivity index (χ1) is 11.1. The zero-order valence-electron chi connectivity index (χ0n) is 12.6. The molecule has 0 fully saturated rings. The van der Waals surface area contributed by atoms with E-state index in [0.717, 1.165) is 20.0 Å². The van der Waals surface area contributed by atoms with Crippen LogP contribution in [0.15, 0.2) is 66.7 Å². The molecule has 0 saturated heterocycles. The number of halogens is 1. The normalized spacial score (nSPS) is 11.9. The van der Waals surface area contributed by atoms with E-state index in [9.17, 15) is 4.79 Å². The van der Waals surface area contributed by atoms with Gasteiger partial charge in [-0.25, -0.2) is 0 Å². The molecule has 1 amide bonds. The number of carbonyl (C=O) groups excluding carboxylic acids is 1. The van der Waals surface area contributed by atoms with Crippen molar-refractivity contribution >= 4 is 45.0 Å². The molecule has 0 unspecified atom stereocenters. The number of rotatable bonds is 4. The van der Waals surface area contributed by atoms with Crippen LogP contribution in [0.3, 0.4) is 0 Å². The van der Waals surface area contributed by atoms with Gasteiger partial charge in [0, 0.05) is 9.26 Å². The van der Waals surface area contributed by atoms with Crippen molar-refractivity contribution in [1.29, 1.82) is 0 Å². The third-order valence-corrected chi connectivity index (χ3v) is 4.23. The average molecular weight is 417 g/mol. The van der Waals surface area contributed by atoms with Gasteiger partial charge >= 0.3 is 0 Å². The molecule has 0 aliphatic heterocycles. The summed E-state index contributed by atoms with van der Waals surface area (Å²) in [7, 11) is 0. The zero-order valence-corrected chi connectivity index (χ0v) is 14.8. The number of ether oxygens (including phenoxy) is 1. The van der Waals surface area contributed by atoms with Gasteiger partial charge in [0.2, 0.25) is 0 Å². The molecule has 3 aromatic rings. The molecule has 1 atom stereocenters. The molecule has 0 saturated carbocycles. The summed E-state index contributed by atoms with van der Waals surface area (Å²) in [6, 6.07) is 21.5. The standard InChI is InChI=1S/C19H16INO2/c1-13(19(22)21-17-9-7-16(20)8-10-17)23-18-11-6-14-4-2-3-5-15(14)12-18/h2-13H,1H3,(H,21,22)/t13-/m0/s1. The summed E-state index contributed by atoms with van der Waals surface area (Å²) >= 11 is 2.23. The van der Waals surface area contributed by atoms with Crippen molar-refractivity contribution in [3.63, 3.8) is 0 Å². The van der Waals surface area contributed by atoms with Gasteiger partial charge in [-0.05, 0) is 76.7 Å². The minimum Gasteiger partial charge on any atom is -0.481 e. The molecular formula is C19H16INO2. The number of nitrogens with one attached hydrogen (secondary N) is 1. The van der Waals surface area contributed by atoms with Crippen LogP contribution in [0.5, 0.6) is 5.75 Å². The SMILES string of the molecule is C[C@H](Oc1ccc2ccccc2c1)C(=O)Nc1ccc(I)cc1. The van der Waals surface area contributed by atoms with Crippen molar-refractivity contribution in [1.82, 2.24) is 0 Å². The number of anilines is 1. The molecule has 0 bridgehead atoms. The minimum atomic E-state index is -0.574. The van der Waals surface area contributed by atoms with E-state index in [1.165, 1.54) is 0 Å². The predicted octanol–water partition coefficient (Wildman–Crippen LogP) is 4.85. The van der Waals surface area contributed by atoms with Crippen LogP contribution in [0.25, 0.3) is 10.8 Å². The highest BCUT2D eigenvalue weighted by atomic mass is 127. The van der Waals surface area contributed by atoms with E-state index in [0.29, 0.717) is 5.75 Å². The first kappa shape index (κ1) is 15.8. The third-order valence-electron chi connectivity index (χ3n) is 3.51. The first-order valence-corrected chi connectivity index (χ1v) is 8.41. The van der Waals surface area contributed by atoms with Crippen molar-refractivity contribution in [3.05, 3.63) is 70.3 Å². The van der Waals surface area contributed by atoms with Gasteiger partial charge < -0.3 is 10.1 Å². The smallest absolute Gasteiger partial charge is 0.265 e. The second kappa shape index (κ2) is 7.00. The molecule has 3 nitrogen and oxygen atoms in total. The van der Waals surface area contributed by atoms with E-state index in [4.69, 9.17) is 4.74 Å². The highest BCUT2D eigenvalue weighted by Crippen LogP contribution is 2.21. The van der Waals surface area contributed by atoms with Crippen molar-refractivity contribution in [3.8, 4) is 5.75 Å². The summed E-state index contributed by atoms with van der Waals surface area (Å²) < 4.78 is 6.89. The summed E-state index contributed by atoms with van der Waals surface area (Å²) in [4.78, 5) is 12.2. The van der Waals surface area contributed by atoms with Gasteiger partial charge in [0.15, 0.2) is 6.10 Å². The third kappa shape index (κ3) is 4.01. The van der Waals surface area contributed by atoms with E-state index in [1.807, 2.05) is 66.7 Å². The molecule has 0 aliphatic rings. The van der Waals surface area contributed by atoms with Gasteiger partial charge in [-0.1, -0.05) is 30.3 Å². The van der Waals surface area contributed by atoms with Crippen LogP contribution in [0, 0.1) is 3.57 Å². The highest BCUT2D eigenvalue weighted by Gasteiger charge is 2.15. The summed E-state index contributed by atoms with van der Waals surface area (Å²) in [5.41, 5.74) is 0.768. The van der Waals surface area contributed by atoms with E-state index in [2.05, 4.69) is 27.9 Å². The monoisotopic (exact) mass is 417 g/mol. The van der Waals surface area contributed by atoms with Crippen molar-refractivity contribution in [2.75, 3.05) is 5.32 Å². The maximum absolute atomic E-state index is 12.2. The van der Waals surface area contributed by atoms with Gasteiger partial charge in [0.25, 0.3) is 5.91 Å². The number of amides is 1. The van der Waals surface area contributed by atoms with E-state index in [-0.39, 0.29) is 5.91 Å². The average Bonchev–Trinajstić information content (AvgIpc) is 2.56. The van der Waals surface area contributed by atoms with Gasteiger partial charge in [-0.3, -0.25) is 4.79 Å². The highest BCUT2D eigenvalue weighted by molar-refractivity contribution is 14.1. The molecule has 4 heteroatoms. The maximum atomic E-state index is 12.2. The van der Waals surface area contributed by atoms with Crippen LogP contribution < -0.4 is 10.1 Å². The lowest BCUT2D eigenvalue weighted by molar-refractivity contribution is -0.122. The van der Waals surface area contributed by atoms with E-state index >= 15 is 0 Å². The molecule has 3 aromatic carbocycles. The zero-order chi connectivity index (χ0) is 16.2. The number of fused-ring (bicyclic) bond motifs is 1. The van der Waals surface area contributed by atoms with Crippen LogP contribution in [0.1, 0.15) is 6.92 Å². The predicted molar refractivity (Wildman–Crippen MR) is 102 cm³/mol. The Balaban J connectivity index is 1.68. The molecule has 0 radical (unpaired) electrons. The topological polar surface area (TPSA) is 38.3 Å². The fourth-order valence-electron chi connectivity index (χ4n) is 2.28. The number of hydrogen-bond donors (Lipinski definition) is 1. The number of hydrogen-bond acceptors (Lipinski definition) is 2. The lowest BCUT2D eigenvalue weighted by atomic mass is 10.1. The lowest BCUT2D eigenvalue weighted by Gasteiger charge is -2.15. The minimum absolute atomic E-state index is 0.167. The van der Waals surface area contributed by atoms with Gasteiger partial charge in [0.1, 0.15) is 5.75 Å². The molecule has 116 valence electrons. The Labute approximate surface area is 148 Å². The van der Waals surface area contributed by atoms with Crippen molar-refractivity contribution in [2.24, 2.45) is 0 Å². The molecule has 3 rings (SSSR count). The Morgan fingerprint density at radius 1 is 1.00 bits per heavy atom. The van der Waals surface area contributed by atoms with Gasteiger partial charge in [-0.2, -0.15) is 0 Å². The molecule has 0 aromatic heterocycles. The van der Waals surface area contributed by atoms with E-state index < -0.39 is 6.10 Å². The summed E-state index contributed by atoms with van der Waals surface area (Å²) in [5, 5.41) is 5.10. The molecule has 23 heavy (non-hydrogen) atoms. The Morgan fingerprint density at radius 3 is 2.43 bits per heavy atom. The Bertz CT molecular complexity index is 830. The van der Waals surface area contributed by atoms with Gasteiger partial charge in [-0.15, -0.1) is 0 Å². The molecule has 1 N–H and O–H groups in total. The molecule has 0 heterocycles. The summed E-state index contributed by atoms with van der Waals surface area (Å²) in [5.74, 6) is 0.522. The van der Waals surface area contributed by atoms with Gasteiger partial charge in [0.05, 0.1) is 0 Å². The molecular weight excluding hydrogens is 401 g/mol. The molecule has 0 spiro atoms. The Morgan fingerprint density at radius 2 is 1.70 bits per heavy atom.